The van der Waals surface area contributed by atoms with Crippen molar-refractivity contribution in [3.05, 3.63) is 176 Å². The van der Waals surface area contributed by atoms with Gasteiger partial charge in [0.2, 0.25) is 0 Å². The lowest BCUT2D eigenvalue weighted by molar-refractivity contribution is 0.669. The Labute approximate surface area is 299 Å². The molecule has 3 nitrogen and oxygen atoms in total. The van der Waals surface area contributed by atoms with Gasteiger partial charge < -0.3 is 8.83 Å². The molecule has 0 amide bonds. The molecule has 3 heterocycles. The summed E-state index contributed by atoms with van der Waals surface area (Å²) in [4.78, 5) is 5.26. The summed E-state index contributed by atoms with van der Waals surface area (Å²) >= 11 is 0. The van der Waals surface area contributed by atoms with Gasteiger partial charge in [-0.25, -0.2) is 4.98 Å². The Balaban J connectivity index is 1.15. The minimum atomic E-state index is 0.853. The molecule has 0 bridgehead atoms. The lowest BCUT2D eigenvalue weighted by atomic mass is 9.88. The first-order valence-corrected chi connectivity index (χ1v) is 17.6. The van der Waals surface area contributed by atoms with Crippen molar-refractivity contribution in [2.24, 2.45) is 0 Å². The van der Waals surface area contributed by atoms with Crippen molar-refractivity contribution in [3.8, 4) is 44.6 Å². The van der Waals surface area contributed by atoms with Gasteiger partial charge in [-0.3, -0.25) is 0 Å². The summed E-state index contributed by atoms with van der Waals surface area (Å²) in [5, 5.41) is 7.85. The van der Waals surface area contributed by atoms with Crippen LogP contribution in [0.5, 0.6) is 0 Å². The summed E-state index contributed by atoms with van der Waals surface area (Å²) in [6.07, 6.45) is 0. The average Bonchev–Trinajstić information content (AvgIpc) is 3.78. The summed E-state index contributed by atoms with van der Waals surface area (Å²) in [6, 6.07) is 62.0. The van der Waals surface area contributed by atoms with Gasteiger partial charge in [0.1, 0.15) is 22.3 Å². The average molecular weight is 664 g/mol. The van der Waals surface area contributed by atoms with Gasteiger partial charge in [0.05, 0.1) is 11.2 Å². The number of fused-ring (bicyclic) bond motifs is 9. The molecule has 242 valence electrons. The van der Waals surface area contributed by atoms with Gasteiger partial charge in [0.25, 0.3) is 0 Å². The summed E-state index contributed by atoms with van der Waals surface area (Å²) in [7, 11) is 0. The summed E-state index contributed by atoms with van der Waals surface area (Å²) in [5.74, 6) is 0. The highest BCUT2D eigenvalue weighted by atomic mass is 16.3. The van der Waals surface area contributed by atoms with Crippen LogP contribution in [0.1, 0.15) is 0 Å². The number of benzene rings is 8. The molecule has 11 rings (SSSR count). The van der Waals surface area contributed by atoms with Crippen LogP contribution in [-0.4, -0.2) is 4.98 Å². The fourth-order valence-electron chi connectivity index (χ4n) is 8.06. The van der Waals surface area contributed by atoms with Crippen molar-refractivity contribution in [1.29, 1.82) is 0 Å². The Bertz CT molecular complexity index is 3190. The van der Waals surface area contributed by atoms with Gasteiger partial charge in [-0.1, -0.05) is 127 Å². The fraction of sp³-hybridized carbons (Fsp3) is 0. The van der Waals surface area contributed by atoms with Gasteiger partial charge in [0, 0.05) is 48.8 Å². The number of nitrogens with zero attached hydrogens (tertiary/aromatic N) is 1. The molecule has 0 aliphatic heterocycles. The van der Waals surface area contributed by atoms with E-state index in [-0.39, 0.29) is 0 Å². The van der Waals surface area contributed by atoms with Crippen molar-refractivity contribution in [3.63, 3.8) is 0 Å². The van der Waals surface area contributed by atoms with E-state index in [0.717, 1.165) is 105 Å². The maximum atomic E-state index is 6.62. The van der Waals surface area contributed by atoms with Crippen LogP contribution in [0, 0.1) is 0 Å². The monoisotopic (exact) mass is 663 g/mol. The van der Waals surface area contributed by atoms with Gasteiger partial charge in [-0.15, -0.1) is 0 Å². The normalized spacial score (nSPS) is 11.8. The highest BCUT2D eigenvalue weighted by molar-refractivity contribution is 6.27. The number of rotatable bonds is 4. The summed E-state index contributed by atoms with van der Waals surface area (Å²) < 4.78 is 12.9. The molecule has 0 unspecified atom stereocenters. The first kappa shape index (κ1) is 28.8. The van der Waals surface area contributed by atoms with E-state index in [9.17, 15) is 0 Å². The Morgan fingerprint density at radius 3 is 1.65 bits per heavy atom. The third-order valence-electron chi connectivity index (χ3n) is 10.4. The fourth-order valence-corrected chi connectivity index (χ4v) is 8.06. The third-order valence-corrected chi connectivity index (χ3v) is 10.4. The highest BCUT2D eigenvalue weighted by Gasteiger charge is 2.22. The first-order chi connectivity index (χ1) is 25.8. The molecule has 0 spiro atoms. The molecule has 52 heavy (non-hydrogen) atoms. The van der Waals surface area contributed by atoms with E-state index in [0.29, 0.717) is 0 Å². The number of furan rings is 2. The van der Waals surface area contributed by atoms with E-state index < -0.39 is 0 Å². The first-order valence-electron chi connectivity index (χ1n) is 17.6. The van der Waals surface area contributed by atoms with Gasteiger partial charge in [-0.05, 0) is 76.3 Å². The van der Waals surface area contributed by atoms with Gasteiger partial charge in [0.15, 0.2) is 0 Å². The lowest BCUT2D eigenvalue weighted by Crippen LogP contribution is -1.93. The maximum Gasteiger partial charge on any atom is 0.136 e. The number of hydrogen-bond donors (Lipinski definition) is 0. The van der Waals surface area contributed by atoms with Crippen LogP contribution in [0.2, 0.25) is 0 Å². The number of pyridine rings is 1. The van der Waals surface area contributed by atoms with E-state index in [2.05, 4.69) is 152 Å². The second-order valence-electron chi connectivity index (χ2n) is 13.5. The van der Waals surface area contributed by atoms with Crippen molar-refractivity contribution < 1.29 is 8.83 Å². The molecule has 3 heteroatoms. The summed E-state index contributed by atoms with van der Waals surface area (Å²) in [5.41, 5.74) is 13.4. The zero-order chi connectivity index (χ0) is 34.2. The Kier molecular flexibility index (Phi) is 6.25. The van der Waals surface area contributed by atoms with Gasteiger partial charge in [-0.2, -0.15) is 0 Å². The van der Waals surface area contributed by atoms with Crippen LogP contribution in [0.3, 0.4) is 0 Å². The molecule has 8 aromatic carbocycles. The molecule has 3 aromatic heterocycles. The van der Waals surface area contributed by atoms with Crippen LogP contribution in [-0.2, 0) is 0 Å². The van der Waals surface area contributed by atoms with Crippen molar-refractivity contribution in [2.45, 2.75) is 0 Å². The van der Waals surface area contributed by atoms with Crippen molar-refractivity contribution >= 4 is 65.6 Å². The van der Waals surface area contributed by atoms with E-state index in [1.54, 1.807) is 0 Å². The van der Waals surface area contributed by atoms with E-state index in [4.69, 9.17) is 13.8 Å². The zero-order valence-electron chi connectivity index (χ0n) is 28.0. The van der Waals surface area contributed by atoms with Crippen molar-refractivity contribution in [2.75, 3.05) is 0 Å². The Hall–Kier alpha value is -6.97. The maximum absolute atomic E-state index is 6.62. The molecule has 0 aliphatic carbocycles. The minimum absolute atomic E-state index is 0.853. The predicted octanol–water partition coefficient (Wildman–Crippen LogP) is 13.9. The van der Waals surface area contributed by atoms with E-state index >= 15 is 0 Å². The molecule has 0 N–H and O–H groups in total. The largest absolute Gasteiger partial charge is 0.456 e. The smallest absolute Gasteiger partial charge is 0.136 e. The van der Waals surface area contributed by atoms with Crippen LogP contribution < -0.4 is 0 Å². The van der Waals surface area contributed by atoms with Gasteiger partial charge >= 0.3 is 0 Å². The third kappa shape index (κ3) is 4.43. The van der Waals surface area contributed by atoms with Crippen LogP contribution in [0.25, 0.3) is 110 Å². The second kappa shape index (κ2) is 11.3. The number of aromatic nitrogens is 1. The quantitative estimate of drug-likeness (QED) is 0.176. The highest BCUT2D eigenvalue weighted by Crippen LogP contribution is 2.47. The molecule has 0 fully saturated rings. The standard InChI is InChI=1S/C49H29NO2/c1-2-12-30(13-3-1)49-40-29-45-48(39-20-6-9-23-43(39)52-45)46(47(40)38-19-4-7-21-41(38)50-49)35-17-11-16-33(27-35)31-14-10-15-32(26-31)34-24-25-37-36-18-5-8-22-42(36)51-44(37)28-34/h1-29H. The van der Waals surface area contributed by atoms with E-state index in [1.165, 1.54) is 5.39 Å². The SMILES string of the molecule is c1ccc(-c2nc3ccccc3c3c(-c4cccc(-c5cccc(-c6ccc7c(c6)oc6ccccc67)c5)c4)c4c(cc23)oc2ccccc24)cc1. The second-order valence-corrected chi connectivity index (χ2v) is 13.5. The van der Waals surface area contributed by atoms with Crippen LogP contribution in [0.4, 0.5) is 0 Å². The Morgan fingerprint density at radius 1 is 0.308 bits per heavy atom. The molecule has 11 aromatic rings. The van der Waals surface area contributed by atoms with E-state index in [1.807, 2.05) is 24.3 Å². The molecule has 0 radical (unpaired) electrons. The van der Waals surface area contributed by atoms with Crippen LogP contribution in [0.15, 0.2) is 185 Å². The lowest BCUT2D eigenvalue weighted by Gasteiger charge is -2.16. The molecule has 0 atom stereocenters. The Morgan fingerprint density at radius 2 is 0.865 bits per heavy atom. The number of para-hydroxylation sites is 3. The molecule has 0 aliphatic rings. The molecular formula is C49H29NO2. The minimum Gasteiger partial charge on any atom is -0.456 e. The topological polar surface area (TPSA) is 39.2 Å². The molecule has 0 saturated heterocycles. The van der Waals surface area contributed by atoms with Crippen molar-refractivity contribution in [1.82, 2.24) is 4.98 Å². The van der Waals surface area contributed by atoms with Crippen LogP contribution >= 0.6 is 0 Å². The predicted molar refractivity (Wildman–Crippen MR) is 216 cm³/mol. The molecule has 0 saturated carbocycles. The summed E-state index contributed by atoms with van der Waals surface area (Å²) in [6.45, 7) is 0. The zero-order valence-corrected chi connectivity index (χ0v) is 28.0. The molecular weight excluding hydrogens is 635 g/mol. The number of hydrogen-bond acceptors (Lipinski definition) is 3.